The highest BCUT2D eigenvalue weighted by Crippen LogP contribution is 2.38. The van der Waals surface area contributed by atoms with E-state index in [2.05, 4.69) is 17.6 Å². The van der Waals surface area contributed by atoms with Crippen LogP contribution in [0.4, 0.5) is 0 Å². The maximum atomic E-state index is 11.4. The van der Waals surface area contributed by atoms with E-state index in [0.29, 0.717) is 19.0 Å². The van der Waals surface area contributed by atoms with Gasteiger partial charge in [0.25, 0.3) is 0 Å². The number of hydrogen-bond acceptors (Lipinski definition) is 3. The number of amides is 1. The van der Waals surface area contributed by atoms with Crippen LogP contribution in [0.25, 0.3) is 0 Å². The van der Waals surface area contributed by atoms with Crippen molar-refractivity contribution in [3.05, 3.63) is 0 Å². The second-order valence-electron chi connectivity index (χ2n) is 4.97. The van der Waals surface area contributed by atoms with Gasteiger partial charge in [-0.1, -0.05) is 0 Å². The molecule has 15 heavy (non-hydrogen) atoms. The fourth-order valence-electron chi connectivity index (χ4n) is 1.76. The van der Waals surface area contributed by atoms with E-state index < -0.39 is 0 Å². The lowest BCUT2D eigenvalue weighted by molar-refractivity contribution is -0.121. The summed E-state index contributed by atoms with van der Waals surface area (Å²) in [6.45, 7) is 6.98. The quantitative estimate of drug-likeness (QED) is 0.591. The highest BCUT2D eigenvalue weighted by molar-refractivity contribution is 5.78. The third-order valence-corrected chi connectivity index (χ3v) is 3.00. The van der Waals surface area contributed by atoms with Gasteiger partial charge in [-0.15, -0.1) is 0 Å². The smallest absolute Gasteiger partial charge is 0.234 e. The highest BCUT2D eigenvalue weighted by Gasteiger charge is 2.40. The summed E-state index contributed by atoms with van der Waals surface area (Å²) in [6.07, 6.45) is 2.46. The number of hydrogen-bond donors (Lipinski definition) is 3. The van der Waals surface area contributed by atoms with Crippen LogP contribution < -0.4 is 16.4 Å². The lowest BCUT2D eigenvalue weighted by Crippen LogP contribution is -2.54. The van der Waals surface area contributed by atoms with Crippen molar-refractivity contribution in [3.8, 4) is 0 Å². The van der Waals surface area contributed by atoms with Gasteiger partial charge >= 0.3 is 0 Å². The molecule has 1 fully saturated rings. The maximum absolute atomic E-state index is 11.4. The lowest BCUT2D eigenvalue weighted by Gasteiger charge is -2.29. The summed E-state index contributed by atoms with van der Waals surface area (Å²) >= 11 is 0. The Balaban J connectivity index is 2.30. The van der Waals surface area contributed by atoms with Crippen molar-refractivity contribution in [3.63, 3.8) is 0 Å². The Morgan fingerprint density at radius 1 is 1.53 bits per heavy atom. The first-order valence-electron chi connectivity index (χ1n) is 5.72. The van der Waals surface area contributed by atoms with E-state index in [1.807, 2.05) is 13.8 Å². The van der Waals surface area contributed by atoms with Crippen LogP contribution in [0.1, 0.15) is 33.6 Å². The maximum Gasteiger partial charge on any atom is 0.234 e. The van der Waals surface area contributed by atoms with Crippen LogP contribution in [0.3, 0.4) is 0 Å². The molecule has 1 rings (SSSR count). The van der Waals surface area contributed by atoms with E-state index in [9.17, 15) is 4.79 Å². The Bertz CT molecular complexity index is 226. The molecule has 0 radical (unpaired) electrons. The van der Waals surface area contributed by atoms with Gasteiger partial charge in [-0.3, -0.25) is 4.79 Å². The van der Waals surface area contributed by atoms with Gasteiger partial charge in [0.15, 0.2) is 0 Å². The van der Waals surface area contributed by atoms with Crippen LogP contribution in [0.5, 0.6) is 0 Å². The third kappa shape index (κ3) is 3.80. The first kappa shape index (κ1) is 12.5. The van der Waals surface area contributed by atoms with Crippen LogP contribution in [0, 0.1) is 5.92 Å². The van der Waals surface area contributed by atoms with Crippen molar-refractivity contribution in [1.29, 1.82) is 0 Å². The van der Waals surface area contributed by atoms with Crippen molar-refractivity contribution < 1.29 is 4.79 Å². The Kier molecular flexibility index (Phi) is 4.11. The summed E-state index contributed by atoms with van der Waals surface area (Å²) in [7, 11) is 0. The molecule has 0 aromatic carbocycles. The van der Waals surface area contributed by atoms with Gasteiger partial charge in [-0.2, -0.15) is 0 Å². The van der Waals surface area contributed by atoms with Crippen LogP contribution in [-0.4, -0.2) is 30.6 Å². The number of carbonyl (C=O) groups is 1. The van der Waals surface area contributed by atoms with Gasteiger partial charge < -0.3 is 16.4 Å². The molecule has 4 heteroatoms. The largest absolute Gasteiger partial charge is 0.353 e. The van der Waals surface area contributed by atoms with Crippen molar-refractivity contribution in [2.75, 3.05) is 13.1 Å². The molecular weight excluding hydrogens is 190 g/mol. The molecule has 0 saturated heterocycles. The zero-order valence-corrected chi connectivity index (χ0v) is 9.97. The Morgan fingerprint density at radius 2 is 2.13 bits per heavy atom. The first-order valence-corrected chi connectivity index (χ1v) is 5.72. The third-order valence-electron chi connectivity index (χ3n) is 3.00. The van der Waals surface area contributed by atoms with Gasteiger partial charge in [-0.05, 0) is 39.5 Å². The molecule has 1 amide bonds. The molecule has 4 N–H and O–H groups in total. The Labute approximate surface area is 92.0 Å². The van der Waals surface area contributed by atoms with Crippen molar-refractivity contribution >= 4 is 5.91 Å². The Hall–Kier alpha value is -0.610. The topological polar surface area (TPSA) is 67.2 Å². The lowest BCUT2D eigenvalue weighted by atomic mass is 9.96. The number of nitrogens with two attached hydrogens (primary N) is 1. The monoisotopic (exact) mass is 213 g/mol. The van der Waals surface area contributed by atoms with E-state index in [-0.39, 0.29) is 17.5 Å². The van der Waals surface area contributed by atoms with Crippen LogP contribution in [0.15, 0.2) is 0 Å². The van der Waals surface area contributed by atoms with Gasteiger partial charge in [0.1, 0.15) is 0 Å². The number of rotatable bonds is 6. The molecule has 0 heterocycles. The van der Waals surface area contributed by atoms with E-state index >= 15 is 0 Å². The average Bonchev–Trinajstić information content (AvgIpc) is 2.96. The zero-order chi connectivity index (χ0) is 11.5. The van der Waals surface area contributed by atoms with Crippen molar-refractivity contribution in [2.24, 2.45) is 11.7 Å². The summed E-state index contributed by atoms with van der Waals surface area (Å²) in [5.41, 5.74) is 5.68. The van der Waals surface area contributed by atoms with E-state index in [4.69, 9.17) is 5.73 Å². The molecule has 0 bridgehead atoms. The highest BCUT2D eigenvalue weighted by atomic mass is 16.1. The molecule has 1 atom stereocenters. The van der Waals surface area contributed by atoms with Crippen LogP contribution >= 0.6 is 0 Å². The van der Waals surface area contributed by atoms with Gasteiger partial charge in [0.05, 0.1) is 6.54 Å². The summed E-state index contributed by atoms with van der Waals surface area (Å²) in [6, 6.07) is 0.198. The van der Waals surface area contributed by atoms with Crippen LogP contribution in [0.2, 0.25) is 0 Å². The number of nitrogens with one attached hydrogen (secondary N) is 2. The molecule has 1 aliphatic rings. The summed E-state index contributed by atoms with van der Waals surface area (Å²) in [4.78, 5) is 11.4. The summed E-state index contributed by atoms with van der Waals surface area (Å²) < 4.78 is 0. The van der Waals surface area contributed by atoms with Gasteiger partial charge in [-0.25, -0.2) is 0 Å². The molecule has 0 aromatic heterocycles. The average molecular weight is 213 g/mol. The van der Waals surface area contributed by atoms with Crippen molar-refractivity contribution in [1.82, 2.24) is 10.6 Å². The van der Waals surface area contributed by atoms with E-state index in [1.165, 1.54) is 12.8 Å². The predicted octanol–water partition coefficient (Wildman–Crippen LogP) is 0.228. The molecule has 4 nitrogen and oxygen atoms in total. The second kappa shape index (κ2) is 4.94. The SMILES string of the molecule is CC(C)NC(=O)CNC(C)(CN)C1CC1. The van der Waals surface area contributed by atoms with Gasteiger partial charge in [0.2, 0.25) is 5.91 Å². The summed E-state index contributed by atoms with van der Waals surface area (Å²) in [5.74, 6) is 0.694. The molecule has 1 unspecified atom stereocenters. The fourth-order valence-corrected chi connectivity index (χ4v) is 1.76. The van der Waals surface area contributed by atoms with Gasteiger partial charge in [0, 0.05) is 18.1 Å². The zero-order valence-electron chi connectivity index (χ0n) is 9.97. The number of carbonyl (C=O) groups excluding carboxylic acids is 1. The van der Waals surface area contributed by atoms with E-state index in [0.717, 1.165) is 0 Å². The molecule has 1 aliphatic carbocycles. The second-order valence-corrected chi connectivity index (χ2v) is 4.97. The normalized spacial score (nSPS) is 20.1. The predicted molar refractivity (Wildman–Crippen MR) is 61.5 cm³/mol. The molecular formula is C11H23N3O. The van der Waals surface area contributed by atoms with E-state index in [1.54, 1.807) is 0 Å². The minimum atomic E-state index is -0.0612. The minimum absolute atomic E-state index is 0.0466. The Morgan fingerprint density at radius 3 is 2.53 bits per heavy atom. The first-order chi connectivity index (χ1) is 6.98. The fraction of sp³-hybridized carbons (Fsp3) is 0.909. The molecule has 0 aliphatic heterocycles. The molecule has 0 spiro atoms. The standard InChI is InChI=1S/C11H23N3O/c1-8(2)14-10(15)6-13-11(3,7-12)9-4-5-9/h8-9,13H,4-7,12H2,1-3H3,(H,14,15). The molecule has 0 aromatic rings. The minimum Gasteiger partial charge on any atom is -0.353 e. The summed E-state index contributed by atoms with van der Waals surface area (Å²) in [5, 5.41) is 6.13. The van der Waals surface area contributed by atoms with Crippen molar-refractivity contribution in [2.45, 2.75) is 45.2 Å². The van der Waals surface area contributed by atoms with Crippen LogP contribution in [-0.2, 0) is 4.79 Å². The molecule has 88 valence electrons. The molecule has 1 saturated carbocycles.